The Bertz CT molecular complexity index is 273. The van der Waals surface area contributed by atoms with E-state index in [1.807, 2.05) is 0 Å². The largest absolute Gasteiger partial charge is 0.415 e. The monoisotopic (exact) mass is 254 g/mol. The van der Waals surface area contributed by atoms with Gasteiger partial charge in [0, 0.05) is 13.2 Å². The third-order valence-corrected chi connectivity index (χ3v) is 2.84. The van der Waals surface area contributed by atoms with Crippen LogP contribution >= 0.6 is 0 Å². The molecule has 0 aromatic heterocycles. The van der Waals surface area contributed by atoms with E-state index in [1.165, 1.54) is 0 Å². The summed E-state index contributed by atoms with van der Waals surface area (Å²) in [7, 11) is 0. The fourth-order valence-corrected chi connectivity index (χ4v) is 1.53. The summed E-state index contributed by atoms with van der Waals surface area (Å²) >= 11 is 0. The third-order valence-electron chi connectivity index (χ3n) is 2.84. The van der Waals surface area contributed by atoms with Gasteiger partial charge >= 0.3 is 6.18 Å². The number of rotatable bonds is 4. The van der Waals surface area contributed by atoms with E-state index in [0.717, 1.165) is 12.8 Å². The first-order chi connectivity index (χ1) is 7.75. The van der Waals surface area contributed by atoms with Crippen LogP contribution in [0.3, 0.4) is 0 Å². The van der Waals surface area contributed by atoms with E-state index in [-0.39, 0.29) is 12.6 Å². The van der Waals surface area contributed by atoms with Gasteiger partial charge in [-0.2, -0.15) is 13.2 Å². The standard InChI is InChI=1S/C10H17F3N2O2/c1-9(14,10(11,12)13)8(16)15-5-4-7-3-2-6-17-7/h7H,2-6,14H2,1H3,(H,15,16). The quantitative estimate of drug-likeness (QED) is 0.785. The molecule has 1 rings (SSSR count). The molecular formula is C10H17F3N2O2. The predicted molar refractivity (Wildman–Crippen MR) is 55.2 cm³/mol. The second-order valence-corrected chi connectivity index (χ2v) is 4.38. The fraction of sp³-hybridized carbons (Fsp3) is 0.900. The van der Waals surface area contributed by atoms with Crippen LogP contribution in [-0.4, -0.2) is 36.9 Å². The smallest absolute Gasteiger partial charge is 0.378 e. The van der Waals surface area contributed by atoms with Crippen molar-refractivity contribution < 1.29 is 22.7 Å². The molecule has 2 unspecified atom stereocenters. The molecule has 0 aromatic rings. The molecule has 0 spiro atoms. The minimum Gasteiger partial charge on any atom is -0.378 e. The van der Waals surface area contributed by atoms with Gasteiger partial charge in [0.2, 0.25) is 5.91 Å². The van der Waals surface area contributed by atoms with Crippen LogP contribution in [-0.2, 0) is 9.53 Å². The Kier molecular flexibility index (Phi) is 4.37. The van der Waals surface area contributed by atoms with E-state index in [0.29, 0.717) is 20.0 Å². The molecule has 100 valence electrons. The number of halogens is 3. The molecule has 2 atom stereocenters. The minimum atomic E-state index is -4.75. The molecule has 0 bridgehead atoms. The van der Waals surface area contributed by atoms with Crippen LogP contribution in [0.2, 0.25) is 0 Å². The Labute approximate surface area is 97.7 Å². The Morgan fingerprint density at radius 2 is 2.18 bits per heavy atom. The van der Waals surface area contributed by atoms with Gasteiger partial charge in [-0.15, -0.1) is 0 Å². The van der Waals surface area contributed by atoms with Gasteiger partial charge in [-0.25, -0.2) is 0 Å². The Morgan fingerprint density at radius 3 is 2.65 bits per heavy atom. The Morgan fingerprint density at radius 1 is 1.53 bits per heavy atom. The molecule has 0 radical (unpaired) electrons. The number of amides is 1. The van der Waals surface area contributed by atoms with Crippen LogP contribution < -0.4 is 11.1 Å². The molecule has 0 aliphatic carbocycles. The highest BCUT2D eigenvalue weighted by Crippen LogP contribution is 2.27. The highest BCUT2D eigenvalue weighted by atomic mass is 19.4. The number of alkyl halides is 3. The second kappa shape index (κ2) is 5.22. The number of carbonyl (C=O) groups is 1. The summed E-state index contributed by atoms with van der Waals surface area (Å²) < 4.78 is 42.5. The molecule has 0 saturated carbocycles. The van der Waals surface area contributed by atoms with Gasteiger partial charge in [0.05, 0.1) is 6.10 Å². The van der Waals surface area contributed by atoms with Crippen molar-refractivity contribution in [2.75, 3.05) is 13.2 Å². The first-order valence-electron chi connectivity index (χ1n) is 5.50. The summed E-state index contributed by atoms with van der Waals surface area (Å²) in [4.78, 5) is 11.3. The summed E-state index contributed by atoms with van der Waals surface area (Å²) in [6, 6.07) is 0. The van der Waals surface area contributed by atoms with E-state index in [9.17, 15) is 18.0 Å². The first kappa shape index (κ1) is 14.2. The van der Waals surface area contributed by atoms with Crippen LogP contribution in [0, 0.1) is 0 Å². The summed E-state index contributed by atoms with van der Waals surface area (Å²) in [5.74, 6) is -1.21. The van der Waals surface area contributed by atoms with Crippen molar-refractivity contribution in [3.8, 4) is 0 Å². The maximum absolute atomic E-state index is 12.4. The molecule has 1 aliphatic heterocycles. The molecule has 0 aromatic carbocycles. The molecule has 1 aliphatic rings. The van der Waals surface area contributed by atoms with Crippen LogP contribution in [0.25, 0.3) is 0 Å². The third kappa shape index (κ3) is 3.57. The number of ether oxygens (including phenoxy) is 1. The van der Waals surface area contributed by atoms with E-state index < -0.39 is 17.6 Å². The van der Waals surface area contributed by atoms with Crippen LogP contribution in [0.1, 0.15) is 26.2 Å². The molecule has 1 heterocycles. The molecule has 7 heteroatoms. The lowest BCUT2D eigenvalue weighted by Gasteiger charge is -2.26. The number of hydrogen-bond acceptors (Lipinski definition) is 3. The predicted octanol–water partition coefficient (Wildman–Crippen LogP) is 0.951. The van der Waals surface area contributed by atoms with Crippen molar-refractivity contribution >= 4 is 5.91 Å². The number of nitrogens with two attached hydrogens (primary N) is 1. The van der Waals surface area contributed by atoms with Crippen molar-refractivity contribution in [1.82, 2.24) is 5.32 Å². The van der Waals surface area contributed by atoms with Crippen LogP contribution in [0.15, 0.2) is 0 Å². The molecular weight excluding hydrogens is 237 g/mol. The van der Waals surface area contributed by atoms with Gasteiger partial charge in [0.1, 0.15) is 0 Å². The zero-order valence-corrected chi connectivity index (χ0v) is 9.64. The topological polar surface area (TPSA) is 64.4 Å². The molecule has 17 heavy (non-hydrogen) atoms. The second-order valence-electron chi connectivity index (χ2n) is 4.38. The molecule has 1 amide bonds. The number of carbonyl (C=O) groups excluding carboxylic acids is 1. The summed E-state index contributed by atoms with van der Waals surface area (Å²) in [6.07, 6.45) is -2.36. The SMILES string of the molecule is CC(N)(C(=O)NCCC1CCCO1)C(F)(F)F. The van der Waals surface area contributed by atoms with Crippen molar-refractivity contribution in [3.63, 3.8) is 0 Å². The number of nitrogens with one attached hydrogen (secondary N) is 1. The highest BCUT2D eigenvalue weighted by molar-refractivity contribution is 5.86. The molecule has 3 N–H and O–H groups in total. The maximum atomic E-state index is 12.4. The van der Waals surface area contributed by atoms with Crippen molar-refractivity contribution in [3.05, 3.63) is 0 Å². The zero-order valence-electron chi connectivity index (χ0n) is 9.64. The van der Waals surface area contributed by atoms with Crippen LogP contribution in [0.5, 0.6) is 0 Å². The zero-order chi connectivity index (χ0) is 13.1. The van der Waals surface area contributed by atoms with Crippen molar-refractivity contribution in [1.29, 1.82) is 0 Å². The minimum absolute atomic E-state index is 0.0326. The van der Waals surface area contributed by atoms with Gasteiger partial charge in [-0.3, -0.25) is 4.79 Å². The van der Waals surface area contributed by atoms with Gasteiger partial charge in [0.25, 0.3) is 0 Å². The van der Waals surface area contributed by atoms with Gasteiger partial charge < -0.3 is 15.8 Å². The Hall–Kier alpha value is -0.820. The van der Waals surface area contributed by atoms with E-state index in [2.05, 4.69) is 5.32 Å². The summed E-state index contributed by atoms with van der Waals surface area (Å²) in [6.45, 7) is 1.48. The molecule has 4 nitrogen and oxygen atoms in total. The normalized spacial score (nSPS) is 24.4. The maximum Gasteiger partial charge on any atom is 0.415 e. The van der Waals surface area contributed by atoms with Crippen molar-refractivity contribution in [2.24, 2.45) is 5.73 Å². The van der Waals surface area contributed by atoms with E-state index >= 15 is 0 Å². The Balaban J connectivity index is 2.33. The lowest BCUT2D eigenvalue weighted by molar-refractivity contribution is -0.187. The van der Waals surface area contributed by atoms with Gasteiger partial charge in [0.15, 0.2) is 5.54 Å². The first-order valence-corrected chi connectivity index (χ1v) is 5.50. The van der Waals surface area contributed by atoms with Crippen LogP contribution in [0.4, 0.5) is 13.2 Å². The van der Waals surface area contributed by atoms with E-state index in [4.69, 9.17) is 10.5 Å². The van der Waals surface area contributed by atoms with Crippen molar-refractivity contribution in [2.45, 2.75) is 44.0 Å². The number of hydrogen-bond donors (Lipinski definition) is 2. The molecule has 1 saturated heterocycles. The average molecular weight is 254 g/mol. The lowest BCUT2D eigenvalue weighted by atomic mass is 10.0. The highest BCUT2D eigenvalue weighted by Gasteiger charge is 2.53. The van der Waals surface area contributed by atoms with E-state index in [1.54, 1.807) is 0 Å². The fourth-order valence-electron chi connectivity index (χ4n) is 1.53. The lowest BCUT2D eigenvalue weighted by Crippen LogP contribution is -2.61. The van der Waals surface area contributed by atoms with Gasteiger partial charge in [-0.1, -0.05) is 0 Å². The molecule has 1 fully saturated rings. The summed E-state index contributed by atoms with van der Waals surface area (Å²) in [5.41, 5.74) is 2.12. The van der Waals surface area contributed by atoms with Gasteiger partial charge in [-0.05, 0) is 26.2 Å². The summed E-state index contributed by atoms with van der Waals surface area (Å²) in [5, 5.41) is 2.19. The average Bonchev–Trinajstić information content (AvgIpc) is 2.68.